The highest BCUT2D eigenvalue weighted by molar-refractivity contribution is 9.10. The first-order valence-electron chi connectivity index (χ1n) is 8.39. The highest BCUT2D eigenvalue weighted by atomic mass is 79.9. The van der Waals surface area contributed by atoms with E-state index in [1.165, 1.54) is 5.56 Å². The van der Waals surface area contributed by atoms with Gasteiger partial charge in [-0.3, -0.25) is 4.79 Å². The summed E-state index contributed by atoms with van der Waals surface area (Å²) in [7, 11) is 0. The number of hydrogen-bond donors (Lipinski definition) is 1. The molecule has 1 aromatic heterocycles. The first kappa shape index (κ1) is 16.4. The smallest absolute Gasteiger partial charge is 0.289 e. The third kappa shape index (κ3) is 3.10. The molecular formula is C20H19BrN2O2. The van der Waals surface area contributed by atoms with Crippen LogP contribution in [0, 0.1) is 5.92 Å². The minimum absolute atomic E-state index is 0.0656. The second kappa shape index (κ2) is 6.65. The van der Waals surface area contributed by atoms with Gasteiger partial charge in [0.2, 0.25) is 0 Å². The SMILES string of the molecule is NC[C@@H]1CN(C(=O)c2cc3cc(Br)ccc3o2)C[C@H]1c1ccccc1. The van der Waals surface area contributed by atoms with Crippen LogP contribution in [0.15, 0.2) is 63.5 Å². The Morgan fingerprint density at radius 3 is 2.72 bits per heavy atom. The molecule has 0 saturated carbocycles. The highest BCUT2D eigenvalue weighted by Crippen LogP contribution is 2.33. The Labute approximate surface area is 154 Å². The molecule has 3 aromatic rings. The number of halogens is 1. The van der Waals surface area contributed by atoms with Crippen molar-refractivity contribution < 1.29 is 9.21 Å². The Morgan fingerprint density at radius 1 is 1.16 bits per heavy atom. The van der Waals surface area contributed by atoms with Gasteiger partial charge in [-0.2, -0.15) is 0 Å². The number of hydrogen-bond acceptors (Lipinski definition) is 3. The Balaban J connectivity index is 1.59. The molecule has 1 aliphatic heterocycles. The van der Waals surface area contributed by atoms with E-state index in [1.54, 1.807) is 0 Å². The normalized spacial score (nSPS) is 20.3. The molecule has 0 bridgehead atoms. The zero-order valence-corrected chi connectivity index (χ0v) is 15.3. The van der Waals surface area contributed by atoms with Crippen LogP contribution >= 0.6 is 15.9 Å². The van der Waals surface area contributed by atoms with E-state index in [9.17, 15) is 4.79 Å². The molecule has 2 atom stereocenters. The van der Waals surface area contributed by atoms with Crippen molar-refractivity contribution in [2.24, 2.45) is 11.7 Å². The van der Waals surface area contributed by atoms with Crippen LogP contribution in [0.25, 0.3) is 11.0 Å². The molecule has 1 aliphatic rings. The first-order valence-corrected chi connectivity index (χ1v) is 9.18. The van der Waals surface area contributed by atoms with Crippen molar-refractivity contribution in [1.29, 1.82) is 0 Å². The quantitative estimate of drug-likeness (QED) is 0.724. The molecule has 1 amide bonds. The van der Waals surface area contributed by atoms with Gasteiger partial charge in [0.15, 0.2) is 5.76 Å². The predicted octanol–water partition coefficient (Wildman–Crippen LogP) is 4.01. The molecule has 1 saturated heterocycles. The van der Waals surface area contributed by atoms with E-state index in [1.807, 2.05) is 47.4 Å². The number of amides is 1. The van der Waals surface area contributed by atoms with Crippen molar-refractivity contribution in [2.75, 3.05) is 19.6 Å². The lowest BCUT2D eigenvalue weighted by Crippen LogP contribution is -2.29. The zero-order valence-electron chi connectivity index (χ0n) is 13.7. The maximum absolute atomic E-state index is 12.9. The number of likely N-dealkylation sites (tertiary alicyclic amines) is 1. The molecule has 4 rings (SSSR count). The van der Waals surface area contributed by atoms with Gasteiger partial charge in [0.1, 0.15) is 5.58 Å². The number of benzene rings is 2. The van der Waals surface area contributed by atoms with Crippen LogP contribution < -0.4 is 5.73 Å². The summed E-state index contributed by atoms with van der Waals surface area (Å²) in [5.74, 6) is 0.861. The fraction of sp³-hybridized carbons (Fsp3) is 0.250. The summed E-state index contributed by atoms with van der Waals surface area (Å²) in [6, 6.07) is 17.8. The molecule has 0 unspecified atom stereocenters. The standard InChI is InChI=1S/C20H19BrN2O2/c21-16-6-7-18-14(8-16)9-19(25-18)20(24)23-11-15(10-22)17(12-23)13-4-2-1-3-5-13/h1-9,15,17H,10-12,22H2/t15-,17+/m1/s1. The van der Waals surface area contributed by atoms with Gasteiger partial charge in [-0.1, -0.05) is 46.3 Å². The van der Waals surface area contributed by atoms with Crippen molar-refractivity contribution in [2.45, 2.75) is 5.92 Å². The Hall–Kier alpha value is -2.11. The van der Waals surface area contributed by atoms with Gasteiger partial charge in [0.25, 0.3) is 5.91 Å². The molecule has 0 radical (unpaired) electrons. The topological polar surface area (TPSA) is 59.5 Å². The molecule has 1 fully saturated rings. The summed E-state index contributed by atoms with van der Waals surface area (Å²) in [5.41, 5.74) is 7.93. The van der Waals surface area contributed by atoms with E-state index in [0.29, 0.717) is 25.4 Å². The Bertz CT molecular complexity index is 906. The van der Waals surface area contributed by atoms with E-state index in [-0.39, 0.29) is 17.7 Å². The zero-order chi connectivity index (χ0) is 17.4. The van der Waals surface area contributed by atoms with Gasteiger partial charge in [-0.25, -0.2) is 0 Å². The summed E-state index contributed by atoms with van der Waals surface area (Å²) < 4.78 is 6.73. The van der Waals surface area contributed by atoms with Crippen LogP contribution in [0.1, 0.15) is 22.0 Å². The van der Waals surface area contributed by atoms with Gasteiger partial charge >= 0.3 is 0 Å². The average molecular weight is 399 g/mol. The summed E-state index contributed by atoms with van der Waals surface area (Å²) in [6.45, 7) is 1.90. The maximum atomic E-state index is 12.9. The van der Waals surface area contributed by atoms with E-state index < -0.39 is 0 Å². The van der Waals surface area contributed by atoms with Crippen molar-refractivity contribution in [3.8, 4) is 0 Å². The lowest BCUT2D eigenvalue weighted by Gasteiger charge is -2.16. The van der Waals surface area contributed by atoms with Crippen molar-refractivity contribution >= 4 is 32.8 Å². The van der Waals surface area contributed by atoms with Crippen LogP contribution in [-0.4, -0.2) is 30.4 Å². The summed E-state index contributed by atoms with van der Waals surface area (Å²) in [4.78, 5) is 14.8. The van der Waals surface area contributed by atoms with Crippen LogP contribution in [0.5, 0.6) is 0 Å². The van der Waals surface area contributed by atoms with Crippen molar-refractivity contribution in [1.82, 2.24) is 4.90 Å². The molecule has 5 heteroatoms. The van der Waals surface area contributed by atoms with Gasteiger partial charge in [0, 0.05) is 28.9 Å². The molecule has 2 heterocycles. The number of nitrogens with two attached hydrogens (primary N) is 1. The number of nitrogens with zero attached hydrogens (tertiary/aromatic N) is 1. The van der Waals surface area contributed by atoms with Crippen LogP contribution in [0.3, 0.4) is 0 Å². The molecule has 128 valence electrons. The van der Waals surface area contributed by atoms with E-state index in [4.69, 9.17) is 10.2 Å². The van der Waals surface area contributed by atoms with Crippen LogP contribution in [-0.2, 0) is 0 Å². The largest absolute Gasteiger partial charge is 0.451 e. The van der Waals surface area contributed by atoms with E-state index >= 15 is 0 Å². The lowest BCUT2D eigenvalue weighted by atomic mass is 9.89. The van der Waals surface area contributed by atoms with Crippen LogP contribution in [0.2, 0.25) is 0 Å². The van der Waals surface area contributed by atoms with Gasteiger partial charge in [0.05, 0.1) is 0 Å². The molecule has 0 spiro atoms. The fourth-order valence-electron chi connectivity index (χ4n) is 3.63. The second-order valence-corrected chi connectivity index (χ2v) is 7.43. The number of furan rings is 1. The summed E-state index contributed by atoms with van der Waals surface area (Å²) in [5, 5.41) is 0.923. The Morgan fingerprint density at radius 2 is 1.96 bits per heavy atom. The van der Waals surface area contributed by atoms with Crippen molar-refractivity contribution in [3.05, 3.63) is 70.4 Å². The minimum atomic E-state index is -0.0656. The number of rotatable bonds is 3. The van der Waals surface area contributed by atoms with Gasteiger partial charge in [-0.15, -0.1) is 0 Å². The maximum Gasteiger partial charge on any atom is 0.289 e. The monoisotopic (exact) mass is 398 g/mol. The number of carbonyl (C=O) groups excluding carboxylic acids is 1. The first-order chi connectivity index (χ1) is 12.2. The third-order valence-electron chi connectivity index (χ3n) is 4.95. The molecule has 2 aromatic carbocycles. The summed E-state index contributed by atoms with van der Waals surface area (Å²) in [6.07, 6.45) is 0. The number of carbonyl (C=O) groups is 1. The highest BCUT2D eigenvalue weighted by Gasteiger charge is 2.36. The Kier molecular flexibility index (Phi) is 4.36. The molecular weight excluding hydrogens is 380 g/mol. The van der Waals surface area contributed by atoms with Crippen molar-refractivity contribution in [3.63, 3.8) is 0 Å². The van der Waals surface area contributed by atoms with Crippen LogP contribution in [0.4, 0.5) is 0 Å². The molecule has 25 heavy (non-hydrogen) atoms. The fourth-order valence-corrected chi connectivity index (χ4v) is 4.01. The minimum Gasteiger partial charge on any atom is -0.451 e. The lowest BCUT2D eigenvalue weighted by molar-refractivity contribution is 0.0757. The van der Waals surface area contributed by atoms with Gasteiger partial charge < -0.3 is 15.1 Å². The molecule has 0 aliphatic carbocycles. The molecule has 2 N–H and O–H groups in total. The average Bonchev–Trinajstić information content (AvgIpc) is 3.25. The van der Waals surface area contributed by atoms with E-state index in [0.717, 1.165) is 15.4 Å². The van der Waals surface area contributed by atoms with Gasteiger partial charge in [-0.05, 0) is 42.3 Å². The summed E-state index contributed by atoms with van der Waals surface area (Å²) >= 11 is 3.45. The second-order valence-electron chi connectivity index (χ2n) is 6.52. The van der Waals surface area contributed by atoms with E-state index in [2.05, 4.69) is 28.1 Å². The third-order valence-corrected chi connectivity index (χ3v) is 5.44. The number of fused-ring (bicyclic) bond motifs is 1. The predicted molar refractivity (Wildman–Crippen MR) is 102 cm³/mol. The molecule has 4 nitrogen and oxygen atoms in total.